The fourth-order valence-corrected chi connectivity index (χ4v) is 2.84. The molecular formula is C17H26N2O2S. The summed E-state index contributed by atoms with van der Waals surface area (Å²) in [4.78, 5) is 14.4. The molecule has 1 amide bonds. The van der Waals surface area contributed by atoms with Crippen LogP contribution in [-0.2, 0) is 4.79 Å². The van der Waals surface area contributed by atoms with Crippen molar-refractivity contribution in [1.29, 1.82) is 0 Å². The summed E-state index contributed by atoms with van der Waals surface area (Å²) in [5.41, 5.74) is 1.41. The molecule has 0 saturated carbocycles. The van der Waals surface area contributed by atoms with Crippen molar-refractivity contribution in [3.63, 3.8) is 0 Å². The number of thiol groups is 1. The summed E-state index contributed by atoms with van der Waals surface area (Å²) >= 11 is 4.27. The van der Waals surface area contributed by atoms with Crippen LogP contribution in [0.15, 0.2) is 18.2 Å². The molecule has 1 aliphatic heterocycles. The molecule has 0 aromatic heterocycles. The van der Waals surface area contributed by atoms with Crippen LogP contribution in [0.4, 0.5) is 0 Å². The maximum absolute atomic E-state index is 12.1. The first kappa shape index (κ1) is 17.2. The van der Waals surface area contributed by atoms with E-state index in [2.05, 4.69) is 22.8 Å². The largest absolute Gasteiger partial charge is 0.470 e. The lowest BCUT2D eigenvalue weighted by Gasteiger charge is -2.26. The van der Waals surface area contributed by atoms with Gasteiger partial charge >= 0.3 is 0 Å². The summed E-state index contributed by atoms with van der Waals surface area (Å²) in [6, 6.07) is 5.81. The number of ether oxygens (including phenoxy) is 1. The number of amides is 1. The first-order valence-electron chi connectivity index (χ1n) is 7.99. The summed E-state index contributed by atoms with van der Waals surface area (Å²) in [5.74, 6) is 0.535. The Kier molecular flexibility index (Phi) is 6.58. The van der Waals surface area contributed by atoms with E-state index in [1.54, 1.807) is 0 Å². The topological polar surface area (TPSA) is 41.6 Å². The number of aryl methyl sites for hydroxylation is 1. The van der Waals surface area contributed by atoms with Gasteiger partial charge in [-0.1, -0.05) is 18.6 Å². The van der Waals surface area contributed by atoms with E-state index in [1.165, 1.54) is 19.3 Å². The number of benzene rings is 1. The van der Waals surface area contributed by atoms with Crippen LogP contribution in [0.2, 0.25) is 0 Å². The molecule has 4 nitrogen and oxygen atoms in total. The molecule has 22 heavy (non-hydrogen) atoms. The van der Waals surface area contributed by atoms with E-state index in [0.29, 0.717) is 12.3 Å². The smallest absolute Gasteiger partial charge is 0.271 e. The number of carbonyl (C=O) groups is 1. The monoisotopic (exact) mass is 322 g/mol. The number of piperidine rings is 1. The summed E-state index contributed by atoms with van der Waals surface area (Å²) in [6.07, 6.45) is 3.85. The summed E-state index contributed by atoms with van der Waals surface area (Å²) in [5, 5.41) is 2.90. The Morgan fingerprint density at radius 3 is 2.77 bits per heavy atom. The van der Waals surface area contributed by atoms with Gasteiger partial charge in [-0.25, -0.2) is 0 Å². The highest BCUT2D eigenvalue weighted by atomic mass is 32.1. The van der Waals surface area contributed by atoms with Gasteiger partial charge in [-0.3, -0.25) is 4.79 Å². The van der Waals surface area contributed by atoms with Gasteiger partial charge in [0.05, 0.1) is 0 Å². The van der Waals surface area contributed by atoms with Crippen LogP contribution >= 0.6 is 12.6 Å². The number of carbonyl (C=O) groups excluding carboxylic acids is 1. The molecule has 1 saturated heterocycles. The minimum atomic E-state index is -0.776. The second kappa shape index (κ2) is 8.44. The maximum Gasteiger partial charge on any atom is 0.271 e. The number of likely N-dealkylation sites (tertiary alicyclic amines) is 1. The minimum absolute atomic E-state index is 0.179. The van der Waals surface area contributed by atoms with E-state index in [-0.39, 0.29) is 5.91 Å². The van der Waals surface area contributed by atoms with Gasteiger partial charge in [0.25, 0.3) is 5.91 Å². The van der Waals surface area contributed by atoms with E-state index in [1.807, 2.05) is 32.0 Å². The van der Waals surface area contributed by atoms with Gasteiger partial charge in [0.15, 0.2) is 0 Å². The molecule has 122 valence electrons. The molecular weight excluding hydrogens is 296 g/mol. The predicted molar refractivity (Wildman–Crippen MR) is 92.6 cm³/mol. The number of nitrogens with one attached hydrogen (secondary N) is 1. The number of hydrogen-bond donors (Lipinski definition) is 2. The van der Waals surface area contributed by atoms with Gasteiger partial charge in [0.2, 0.25) is 5.44 Å². The molecule has 0 radical (unpaired) electrons. The van der Waals surface area contributed by atoms with E-state index in [0.717, 1.165) is 30.8 Å². The zero-order valence-electron chi connectivity index (χ0n) is 13.5. The maximum atomic E-state index is 12.1. The second-order valence-corrected chi connectivity index (χ2v) is 6.33. The molecule has 1 aromatic carbocycles. The highest BCUT2D eigenvalue weighted by Gasteiger charge is 2.17. The number of hydrogen-bond acceptors (Lipinski definition) is 4. The molecule has 1 fully saturated rings. The average Bonchev–Trinajstić information content (AvgIpc) is 2.52. The molecule has 1 N–H and O–H groups in total. The molecule has 0 spiro atoms. The summed E-state index contributed by atoms with van der Waals surface area (Å²) in [6.45, 7) is 7.83. The van der Waals surface area contributed by atoms with Crippen LogP contribution in [-0.4, -0.2) is 42.4 Å². The third-order valence-electron chi connectivity index (χ3n) is 4.19. The Labute approximate surface area is 138 Å². The molecule has 2 rings (SSSR count). The Bertz CT molecular complexity index is 501. The molecule has 5 heteroatoms. The van der Waals surface area contributed by atoms with Crippen molar-refractivity contribution in [2.75, 3.05) is 26.2 Å². The lowest BCUT2D eigenvalue weighted by Crippen LogP contribution is -2.41. The fourth-order valence-electron chi connectivity index (χ4n) is 2.63. The van der Waals surface area contributed by atoms with Crippen molar-refractivity contribution in [2.45, 2.75) is 38.5 Å². The first-order chi connectivity index (χ1) is 10.6. The standard InChI is InChI=1S/C17H26N2O2S/c1-13-7-6-8-15(14(13)2)21-17(22)16(20)18-9-12-19-10-4-3-5-11-19/h6-8,17,22H,3-5,9-12H2,1-2H3,(H,18,20). The van der Waals surface area contributed by atoms with Crippen LogP contribution in [0.25, 0.3) is 0 Å². The number of rotatable bonds is 6. The summed E-state index contributed by atoms with van der Waals surface area (Å²) < 4.78 is 5.67. The van der Waals surface area contributed by atoms with Crippen LogP contribution in [0.1, 0.15) is 30.4 Å². The zero-order chi connectivity index (χ0) is 15.9. The minimum Gasteiger partial charge on any atom is -0.470 e. The quantitative estimate of drug-likeness (QED) is 0.625. The van der Waals surface area contributed by atoms with Crippen LogP contribution < -0.4 is 10.1 Å². The van der Waals surface area contributed by atoms with Crippen molar-refractivity contribution in [1.82, 2.24) is 10.2 Å². The van der Waals surface area contributed by atoms with Crippen LogP contribution in [0.5, 0.6) is 5.75 Å². The van der Waals surface area contributed by atoms with Gasteiger partial charge < -0.3 is 15.0 Å². The lowest BCUT2D eigenvalue weighted by molar-refractivity contribution is -0.124. The van der Waals surface area contributed by atoms with E-state index in [4.69, 9.17) is 4.74 Å². The molecule has 1 aliphatic rings. The Morgan fingerprint density at radius 1 is 1.32 bits per heavy atom. The Hall–Kier alpha value is -1.20. The van der Waals surface area contributed by atoms with Crippen molar-refractivity contribution < 1.29 is 9.53 Å². The van der Waals surface area contributed by atoms with E-state index < -0.39 is 5.44 Å². The SMILES string of the molecule is Cc1cccc(OC(S)C(=O)NCCN2CCCCC2)c1C. The van der Waals surface area contributed by atoms with Gasteiger partial charge in [0, 0.05) is 13.1 Å². The van der Waals surface area contributed by atoms with Crippen molar-refractivity contribution in [3.8, 4) is 5.75 Å². The zero-order valence-corrected chi connectivity index (χ0v) is 14.4. The average molecular weight is 322 g/mol. The van der Waals surface area contributed by atoms with Crippen molar-refractivity contribution >= 4 is 18.5 Å². The summed E-state index contributed by atoms with van der Waals surface area (Å²) in [7, 11) is 0. The molecule has 1 heterocycles. The van der Waals surface area contributed by atoms with E-state index in [9.17, 15) is 4.79 Å². The molecule has 0 aliphatic carbocycles. The van der Waals surface area contributed by atoms with Gasteiger partial charge in [0.1, 0.15) is 5.75 Å². The normalized spacial score (nSPS) is 17.0. The molecule has 1 atom stereocenters. The molecule has 1 aromatic rings. The third kappa shape index (κ3) is 4.92. The van der Waals surface area contributed by atoms with E-state index >= 15 is 0 Å². The fraction of sp³-hybridized carbons (Fsp3) is 0.588. The highest BCUT2D eigenvalue weighted by molar-refractivity contribution is 7.81. The lowest BCUT2D eigenvalue weighted by atomic mass is 10.1. The van der Waals surface area contributed by atoms with Gasteiger partial charge in [-0.2, -0.15) is 0 Å². The molecule has 1 unspecified atom stereocenters. The third-order valence-corrected chi connectivity index (χ3v) is 4.53. The first-order valence-corrected chi connectivity index (χ1v) is 8.50. The predicted octanol–water partition coefficient (Wildman–Crippen LogP) is 2.54. The van der Waals surface area contributed by atoms with Crippen LogP contribution in [0.3, 0.4) is 0 Å². The second-order valence-electron chi connectivity index (χ2n) is 5.86. The number of nitrogens with zero attached hydrogens (tertiary/aromatic N) is 1. The molecule has 0 bridgehead atoms. The van der Waals surface area contributed by atoms with Gasteiger partial charge in [-0.15, -0.1) is 12.6 Å². The highest BCUT2D eigenvalue weighted by Crippen LogP contribution is 2.22. The van der Waals surface area contributed by atoms with Crippen LogP contribution in [0, 0.1) is 13.8 Å². The Balaban J connectivity index is 1.75. The Morgan fingerprint density at radius 2 is 2.05 bits per heavy atom. The van der Waals surface area contributed by atoms with Crippen molar-refractivity contribution in [2.24, 2.45) is 0 Å². The van der Waals surface area contributed by atoms with Gasteiger partial charge in [-0.05, 0) is 57.0 Å². The van der Waals surface area contributed by atoms with Crippen molar-refractivity contribution in [3.05, 3.63) is 29.3 Å².